The predicted molar refractivity (Wildman–Crippen MR) is 202 cm³/mol. The van der Waals surface area contributed by atoms with Crippen LogP contribution < -0.4 is 20.0 Å². The molecule has 0 aromatic heterocycles. The summed E-state index contributed by atoms with van der Waals surface area (Å²) in [6.45, 7) is 16.8. The van der Waals surface area contributed by atoms with Crippen molar-refractivity contribution < 1.29 is 74.9 Å². The van der Waals surface area contributed by atoms with Gasteiger partial charge in [-0.3, -0.25) is 0 Å². The van der Waals surface area contributed by atoms with Crippen molar-refractivity contribution in [2.45, 2.75) is 130 Å². The van der Waals surface area contributed by atoms with Gasteiger partial charge < -0.3 is 48.7 Å². The minimum atomic E-state index is -1.20. The van der Waals surface area contributed by atoms with Gasteiger partial charge >= 0.3 is 26.2 Å². The molecule has 0 aliphatic rings. The first kappa shape index (κ1) is 51.6. The SMILES string of the molecule is CCCCOCC(COCCCC)(O[O-])c1ccccc1OCCCC.CCCCOCC(COCCCC)(O[O-])c1ccccc1OCCCC.[Zr+2]. The van der Waals surface area contributed by atoms with Gasteiger partial charge in [0.2, 0.25) is 0 Å². The number of hydrogen-bond donors (Lipinski definition) is 0. The summed E-state index contributed by atoms with van der Waals surface area (Å²) in [6, 6.07) is 15.0. The first-order valence-corrected chi connectivity index (χ1v) is 19.8. The van der Waals surface area contributed by atoms with Crippen molar-refractivity contribution in [2.75, 3.05) is 66.1 Å². The number of rotatable bonds is 32. The number of ether oxygens (including phenoxy) is 6. The Bertz CT molecular complexity index is 996. The average Bonchev–Trinajstić information content (AvgIpc) is 3.18. The molecule has 2 rings (SSSR count). The van der Waals surface area contributed by atoms with E-state index in [2.05, 4.69) is 41.5 Å². The summed E-state index contributed by atoms with van der Waals surface area (Å²) >= 11 is 0. The normalized spacial score (nSPS) is 11.5. The van der Waals surface area contributed by atoms with E-state index in [1.165, 1.54) is 0 Å². The number of benzene rings is 2. The van der Waals surface area contributed by atoms with Crippen LogP contribution in [-0.4, -0.2) is 66.1 Å². The van der Waals surface area contributed by atoms with E-state index >= 15 is 0 Å². The van der Waals surface area contributed by atoms with Crippen LogP contribution >= 0.6 is 0 Å². The average molecular weight is 826 g/mol. The summed E-state index contributed by atoms with van der Waals surface area (Å²) in [4.78, 5) is 9.50. The Morgan fingerprint density at radius 1 is 0.415 bits per heavy atom. The number of unbranched alkanes of at least 4 members (excludes halogenated alkanes) is 6. The molecule has 0 heterocycles. The number of para-hydroxylation sites is 2. The Morgan fingerprint density at radius 3 is 0.943 bits per heavy atom. The second-order valence-corrected chi connectivity index (χ2v) is 13.2. The van der Waals surface area contributed by atoms with Gasteiger partial charge in [0.1, 0.15) is 22.7 Å². The van der Waals surface area contributed by atoms with Crippen LogP contribution in [0, 0.1) is 0 Å². The van der Waals surface area contributed by atoms with Crippen molar-refractivity contribution in [1.82, 2.24) is 0 Å². The van der Waals surface area contributed by atoms with Gasteiger partial charge in [-0.25, -0.2) is 0 Å². The molecule has 0 aliphatic carbocycles. The molecule has 10 nitrogen and oxygen atoms in total. The molecule has 11 heteroatoms. The van der Waals surface area contributed by atoms with Gasteiger partial charge in [-0.05, 0) is 50.7 Å². The summed E-state index contributed by atoms with van der Waals surface area (Å²) < 4.78 is 34.9. The third kappa shape index (κ3) is 20.4. The molecule has 0 atom stereocenters. The fourth-order valence-electron chi connectivity index (χ4n) is 5.10. The van der Waals surface area contributed by atoms with Crippen LogP contribution in [0.25, 0.3) is 0 Å². The Kier molecular flexibility index (Phi) is 33.0. The Morgan fingerprint density at radius 2 is 0.679 bits per heavy atom. The van der Waals surface area contributed by atoms with Crippen LogP contribution in [0.3, 0.4) is 0 Å². The largest absolute Gasteiger partial charge is 2.00 e. The quantitative estimate of drug-likeness (QED) is 0.0408. The zero-order valence-electron chi connectivity index (χ0n) is 33.8. The molecule has 0 unspecified atom stereocenters. The maximum atomic E-state index is 11.8. The molecule has 2 aromatic carbocycles. The predicted octanol–water partition coefficient (Wildman–Crippen LogP) is 7.97. The van der Waals surface area contributed by atoms with E-state index in [0.717, 1.165) is 77.0 Å². The first-order chi connectivity index (χ1) is 25.5. The summed E-state index contributed by atoms with van der Waals surface area (Å²) in [5.74, 6) is 1.32. The van der Waals surface area contributed by atoms with Gasteiger partial charge in [0.05, 0.1) is 39.6 Å². The second-order valence-electron chi connectivity index (χ2n) is 13.2. The minimum absolute atomic E-state index is 0. The number of hydrogen-bond acceptors (Lipinski definition) is 10. The molecule has 0 spiro atoms. The summed E-state index contributed by atoms with van der Waals surface area (Å²) in [6.07, 6.45) is 11.9. The molecule has 53 heavy (non-hydrogen) atoms. The van der Waals surface area contributed by atoms with Crippen molar-refractivity contribution in [3.05, 3.63) is 59.7 Å². The molecule has 2 aromatic rings. The zero-order valence-corrected chi connectivity index (χ0v) is 36.2. The van der Waals surface area contributed by atoms with E-state index in [9.17, 15) is 10.5 Å². The standard InChI is InChI=1S/2C21H36O5.Zr/c2*1-4-7-14-23-17-21(26-22,18-24-15-8-5-2)19-12-10-11-13-20(19)25-16-9-6-3;/h2*10-13,22H,4-9,14-18H2,1-3H3;/q;;+2/p-2. The van der Waals surface area contributed by atoms with Gasteiger partial charge in [-0.15, -0.1) is 0 Å². The molecule has 302 valence electrons. The van der Waals surface area contributed by atoms with Crippen molar-refractivity contribution >= 4 is 0 Å². The van der Waals surface area contributed by atoms with Gasteiger partial charge in [0.25, 0.3) is 0 Å². The Labute approximate surface area is 340 Å². The zero-order chi connectivity index (χ0) is 38.2. The van der Waals surface area contributed by atoms with Crippen LogP contribution in [0.15, 0.2) is 48.5 Å². The van der Waals surface area contributed by atoms with Crippen molar-refractivity contribution in [3.63, 3.8) is 0 Å². The summed E-state index contributed by atoms with van der Waals surface area (Å²) in [7, 11) is 0. The second kappa shape index (κ2) is 33.9. The third-order valence-electron chi connectivity index (χ3n) is 8.50. The fourth-order valence-corrected chi connectivity index (χ4v) is 5.10. The molecular formula is C42H70O10Zr. The van der Waals surface area contributed by atoms with Crippen molar-refractivity contribution in [2.24, 2.45) is 0 Å². The molecule has 0 saturated carbocycles. The maximum Gasteiger partial charge on any atom is 2.00 e. The molecule has 0 radical (unpaired) electrons. The van der Waals surface area contributed by atoms with E-state index in [4.69, 9.17) is 38.2 Å². The molecule has 0 bridgehead atoms. The minimum Gasteiger partial charge on any atom is -0.722 e. The Balaban J connectivity index is 0.00000100. The molecule has 0 saturated heterocycles. The molecular weight excluding hydrogens is 756 g/mol. The van der Waals surface area contributed by atoms with Crippen LogP contribution in [0.4, 0.5) is 0 Å². The fraction of sp³-hybridized carbons (Fsp3) is 0.714. The van der Waals surface area contributed by atoms with Crippen LogP contribution in [0.1, 0.15) is 130 Å². The molecule has 0 aliphatic heterocycles. The topological polar surface area (TPSA) is 120 Å². The summed E-state index contributed by atoms with van der Waals surface area (Å²) in [5.41, 5.74) is -1.02. The van der Waals surface area contributed by atoms with E-state index in [0.29, 0.717) is 62.3 Å². The van der Waals surface area contributed by atoms with Gasteiger partial charge in [-0.2, -0.15) is 0 Å². The van der Waals surface area contributed by atoms with Crippen LogP contribution in [-0.2, 0) is 66.1 Å². The smallest absolute Gasteiger partial charge is 0.722 e. The maximum absolute atomic E-state index is 11.8. The van der Waals surface area contributed by atoms with Crippen molar-refractivity contribution in [1.29, 1.82) is 0 Å². The Hall–Kier alpha value is -1.40. The van der Waals surface area contributed by atoms with E-state index in [-0.39, 0.29) is 52.6 Å². The molecule has 0 N–H and O–H groups in total. The third-order valence-corrected chi connectivity index (χ3v) is 8.50. The monoisotopic (exact) mass is 824 g/mol. The van der Waals surface area contributed by atoms with Gasteiger partial charge in [0.15, 0.2) is 0 Å². The van der Waals surface area contributed by atoms with Crippen LogP contribution in [0.2, 0.25) is 0 Å². The molecule has 0 amide bonds. The molecule has 0 fully saturated rings. The van der Waals surface area contributed by atoms with E-state index < -0.39 is 11.2 Å². The van der Waals surface area contributed by atoms with Crippen LogP contribution in [0.5, 0.6) is 11.5 Å². The van der Waals surface area contributed by atoms with E-state index in [1.54, 1.807) is 0 Å². The van der Waals surface area contributed by atoms with E-state index in [1.807, 2.05) is 48.5 Å². The first-order valence-electron chi connectivity index (χ1n) is 19.8. The van der Waals surface area contributed by atoms with Crippen molar-refractivity contribution in [3.8, 4) is 11.5 Å². The van der Waals surface area contributed by atoms with Gasteiger partial charge in [-0.1, -0.05) is 116 Å². The summed E-state index contributed by atoms with van der Waals surface area (Å²) in [5, 5.41) is 23.7. The van der Waals surface area contributed by atoms with Gasteiger partial charge in [0, 0.05) is 37.6 Å².